The van der Waals surface area contributed by atoms with Gasteiger partial charge in [-0.25, -0.2) is 4.98 Å². The van der Waals surface area contributed by atoms with E-state index in [1.54, 1.807) is 17.5 Å². The molecule has 0 radical (unpaired) electrons. The lowest BCUT2D eigenvalue weighted by Crippen LogP contribution is -2.32. The summed E-state index contributed by atoms with van der Waals surface area (Å²) in [5.74, 6) is 0.776. The molecule has 1 saturated heterocycles. The third kappa shape index (κ3) is 5.61. The number of halogens is 1. The predicted molar refractivity (Wildman–Crippen MR) is 126 cm³/mol. The zero-order valence-electron chi connectivity index (χ0n) is 17.5. The molecule has 160 valence electrons. The summed E-state index contributed by atoms with van der Waals surface area (Å²) in [7, 11) is -1.33. The summed E-state index contributed by atoms with van der Waals surface area (Å²) in [4.78, 5) is 11.2. The van der Waals surface area contributed by atoms with Gasteiger partial charge in [0.2, 0.25) is 5.13 Å². The van der Waals surface area contributed by atoms with E-state index in [0.717, 1.165) is 63.6 Å². The summed E-state index contributed by atoms with van der Waals surface area (Å²) < 4.78 is 12.7. The number of rotatable bonds is 8. The SMILES string of the molecule is C[Si](C)(C)COCN(c1ccc2ncc(Br)cc2n1)c1nnc(CC2CCCO2)s1. The van der Waals surface area contributed by atoms with Crippen molar-refractivity contribution in [3.8, 4) is 0 Å². The highest BCUT2D eigenvalue weighted by atomic mass is 79.9. The Bertz CT molecular complexity index is 1010. The van der Waals surface area contributed by atoms with Crippen LogP contribution in [-0.4, -0.2) is 53.9 Å². The van der Waals surface area contributed by atoms with Crippen LogP contribution in [0.3, 0.4) is 0 Å². The minimum atomic E-state index is -1.33. The number of anilines is 2. The van der Waals surface area contributed by atoms with Gasteiger partial charge in [-0.15, -0.1) is 10.2 Å². The highest BCUT2D eigenvalue weighted by Gasteiger charge is 2.22. The Morgan fingerprint density at radius 3 is 2.90 bits per heavy atom. The zero-order valence-corrected chi connectivity index (χ0v) is 20.9. The molecule has 7 nitrogen and oxygen atoms in total. The number of hydrogen-bond acceptors (Lipinski definition) is 8. The normalized spacial score (nSPS) is 17.0. The Morgan fingerprint density at radius 2 is 2.13 bits per heavy atom. The number of aromatic nitrogens is 4. The molecule has 4 heterocycles. The third-order valence-corrected chi connectivity index (χ3v) is 7.11. The topological polar surface area (TPSA) is 73.3 Å². The van der Waals surface area contributed by atoms with E-state index < -0.39 is 8.07 Å². The number of fused-ring (bicyclic) bond motifs is 1. The Balaban J connectivity index is 1.60. The van der Waals surface area contributed by atoms with Crippen molar-refractivity contribution < 1.29 is 9.47 Å². The van der Waals surface area contributed by atoms with E-state index in [1.165, 1.54) is 0 Å². The van der Waals surface area contributed by atoms with Crippen molar-refractivity contribution >= 4 is 57.3 Å². The lowest BCUT2D eigenvalue weighted by atomic mass is 10.2. The van der Waals surface area contributed by atoms with Gasteiger partial charge in [-0.3, -0.25) is 9.88 Å². The lowest BCUT2D eigenvalue weighted by molar-refractivity contribution is 0.111. The van der Waals surface area contributed by atoms with Crippen molar-refractivity contribution in [2.45, 2.75) is 45.0 Å². The zero-order chi connectivity index (χ0) is 21.1. The molecule has 4 rings (SSSR count). The van der Waals surface area contributed by atoms with Gasteiger partial charge in [-0.2, -0.15) is 0 Å². The van der Waals surface area contributed by atoms with E-state index in [-0.39, 0.29) is 6.10 Å². The summed E-state index contributed by atoms with van der Waals surface area (Å²) in [5.41, 5.74) is 1.67. The van der Waals surface area contributed by atoms with Crippen molar-refractivity contribution in [3.05, 3.63) is 33.9 Å². The van der Waals surface area contributed by atoms with Crippen molar-refractivity contribution in [2.75, 3.05) is 24.5 Å². The molecular weight excluding hydrogens is 482 g/mol. The van der Waals surface area contributed by atoms with E-state index in [9.17, 15) is 0 Å². The Morgan fingerprint density at radius 1 is 1.27 bits per heavy atom. The first kappa shape index (κ1) is 21.8. The standard InChI is InChI=1S/C20H26BrN5O2SSi/c1-30(2,3)13-27-12-26(18-7-6-16-17(23-18)9-14(21)11-22-16)20-25-24-19(29-20)10-15-5-4-8-28-15/h6-7,9,11,15H,4-5,8,10,12-13H2,1-3H3. The van der Waals surface area contributed by atoms with Crippen LogP contribution in [0.1, 0.15) is 17.8 Å². The first-order chi connectivity index (χ1) is 14.4. The smallest absolute Gasteiger partial charge is 0.215 e. The molecule has 0 aromatic carbocycles. The first-order valence-corrected chi connectivity index (χ1v) is 15.4. The van der Waals surface area contributed by atoms with Crippen molar-refractivity contribution in [1.82, 2.24) is 20.2 Å². The fourth-order valence-electron chi connectivity index (χ4n) is 3.22. The summed E-state index contributed by atoms with van der Waals surface area (Å²) in [5, 5.41) is 10.6. The largest absolute Gasteiger partial charge is 0.378 e. The second kappa shape index (κ2) is 9.35. The molecule has 0 amide bonds. The molecule has 1 aliphatic rings. The highest BCUT2D eigenvalue weighted by Crippen LogP contribution is 2.30. The summed E-state index contributed by atoms with van der Waals surface area (Å²) in [6, 6.07) is 5.90. The molecule has 30 heavy (non-hydrogen) atoms. The van der Waals surface area contributed by atoms with Crippen LogP contribution >= 0.6 is 27.3 Å². The molecule has 0 spiro atoms. The van der Waals surface area contributed by atoms with E-state index in [4.69, 9.17) is 14.5 Å². The van der Waals surface area contributed by atoms with Crippen LogP contribution in [0.2, 0.25) is 19.6 Å². The van der Waals surface area contributed by atoms with Crippen LogP contribution in [0.5, 0.6) is 0 Å². The van der Waals surface area contributed by atoms with E-state index in [1.807, 2.05) is 23.1 Å². The Labute approximate surface area is 190 Å². The molecule has 1 fully saturated rings. The van der Waals surface area contributed by atoms with Crippen LogP contribution in [0, 0.1) is 0 Å². The summed E-state index contributed by atoms with van der Waals surface area (Å²) in [6.45, 7) is 8.11. The van der Waals surface area contributed by atoms with Crippen LogP contribution < -0.4 is 4.90 Å². The third-order valence-electron chi connectivity index (χ3n) is 4.63. The van der Waals surface area contributed by atoms with Gasteiger partial charge in [-0.05, 0) is 47.0 Å². The minimum Gasteiger partial charge on any atom is -0.378 e. The van der Waals surface area contributed by atoms with E-state index >= 15 is 0 Å². The van der Waals surface area contributed by atoms with Crippen molar-refractivity contribution in [2.24, 2.45) is 0 Å². The summed E-state index contributed by atoms with van der Waals surface area (Å²) >= 11 is 5.06. The van der Waals surface area contributed by atoms with E-state index in [0.29, 0.717) is 6.73 Å². The predicted octanol–water partition coefficient (Wildman–Crippen LogP) is 4.95. The molecule has 0 saturated carbocycles. The van der Waals surface area contributed by atoms with Crippen molar-refractivity contribution in [3.63, 3.8) is 0 Å². The second-order valence-electron chi connectivity index (χ2n) is 8.65. The molecule has 0 aliphatic carbocycles. The molecule has 1 atom stereocenters. The lowest BCUT2D eigenvalue weighted by Gasteiger charge is -2.23. The monoisotopic (exact) mass is 507 g/mol. The maximum atomic E-state index is 6.08. The Kier molecular flexibility index (Phi) is 6.78. The molecule has 3 aromatic rings. The average molecular weight is 509 g/mol. The fraction of sp³-hybridized carbons (Fsp3) is 0.500. The molecule has 10 heteroatoms. The van der Waals surface area contributed by atoms with Gasteiger partial charge in [0.15, 0.2) is 0 Å². The van der Waals surface area contributed by atoms with Gasteiger partial charge < -0.3 is 9.47 Å². The summed E-state index contributed by atoms with van der Waals surface area (Å²) in [6.07, 6.45) is 5.82. The van der Waals surface area contributed by atoms with Crippen LogP contribution in [-0.2, 0) is 15.9 Å². The van der Waals surface area contributed by atoms with Gasteiger partial charge in [0.1, 0.15) is 17.6 Å². The van der Waals surface area contributed by atoms with Gasteiger partial charge in [0, 0.05) is 29.9 Å². The fourth-order valence-corrected chi connectivity index (χ4v) is 5.14. The minimum absolute atomic E-state index is 0.254. The second-order valence-corrected chi connectivity index (χ2v) is 16.0. The van der Waals surface area contributed by atoms with Gasteiger partial charge in [0.25, 0.3) is 0 Å². The molecule has 3 aromatic heterocycles. The molecule has 0 N–H and O–H groups in total. The van der Waals surface area contributed by atoms with E-state index in [2.05, 4.69) is 50.8 Å². The molecule has 1 aliphatic heterocycles. The van der Waals surface area contributed by atoms with Crippen LogP contribution in [0.4, 0.5) is 10.9 Å². The first-order valence-electron chi connectivity index (χ1n) is 10.1. The van der Waals surface area contributed by atoms with Gasteiger partial charge in [-0.1, -0.05) is 31.0 Å². The number of pyridine rings is 2. The maximum Gasteiger partial charge on any atom is 0.215 e. The quantitative estimate of drug-likeness (QED) is 0.315. The molecule has 1 unspecified atom stereocenters. The molecule has 0 bridgehead atoms. The number of nitrogens with zero attached hydrogens (tertiary/aromatic N) is 5. The number of hydrogen-bond donors (Lipinski definition) is 0. The molecular formula is C20H26BrN5O2SSi. The maximum absolute atomic E-state index is 6.08. The average Bonchev–Trinajstić information content (AvgIpc) is 3.36. The van der Waals surface area contributed by atoms with Gasteiger partial charge >= 0.3 is 0 Å². The Hall–Kier alpha value is -1.46. The van der Waals surface area contributed by atoms with Crippen molar-refractivity contribution in [1.29, 1.82) is 0 Å². The van der Waals surface area contributed by atoms with Crippen LogP contribution in [0.25, 0.3) is 11.0 Å². The van der Waals surface area contributed by atoms with Gasteiger partial charge in [0.05, 0.1) is 25.2 Å². The number of ether oxygens (including phenoxy) is 2. The van der Waals surface area contributed by atoms with Crippen LogP contribution in [0.15, 0.2) is 28.9 Å². The highest BCUT2D eigenvalue weighted by molar-refractivity contribution is 9.10.